The van der Waals surface area contributed by atoms with Gasteiger partial charge in [-0.1, -0.05) is 23.7 Å². The van der Waals surface area contributed by atoms with Crippen LogP contribution in [-0.4, -0.2) is 168 Å². The molecule has 11 aromatic heterocycles. The largest absolute Gasteiger partial charge is 0.393 e. The van der Waals surface area contributed by atoms with E-state index in [4.69, 9.17) is 31.0 Å². The molecule has 1 aromatic carbocycles. The number of halogens is 2. The van der Waals surface area contributed by atoms with Gasteiger partial charge in [-0.3, -0.25) is 33.2 Å². The molecule has 6 aliphatic heterocycles. The normalized spacial score (nSPS) is 17.2. The zero-order valence-electron chi connectivity index (χ0n) is 59.8. The number of benzene rings is 1. The third kappa shape index (κ3) is 13.9. The molecule has 9 N–H and O–H groups in total. The van der Waals surface area contributed by atoms with Crippen molar-refractivity contribution in [1.29, 1.82) is 0 Å². The Hall–Kier alpha value is -11.7. The highest BCUT2D eigenvalue weighted by Gasteiger charge is 2.36. The second-order valence-electron chi connectivity index (χ2n) is 28.5. The molecule has 0 radical (unpaired) electrons. The summed E-state index contributed by atoms with van der Waals surface area (Å²) in [6.07, 6.45) is 20.2. The minimum atomic E-state index is -0.933. The fourth-order valence-electron chi connectivity index (χ4n) is 14.5. The molecule has 0 unspecified atom stereocenters. The Morgan fingerprint density at radius 1 is 0.519 bits per heavy atom. The smallest absolute Gasteiger partial charge is 0.254 e. The molecule has 0 saturated carbocycles. The van der Waals surface area contributed by atoms with Crippen molar-refractivity contribution in [2.75, 3.05) is 83.1 Å². The Bertz CT molecular complexity index is 5440. The van der Waals surface area contributed by atoms with E-state index in [1.165, 1.54) is 0 Å². The predicted octanol–water partition coefficient (Wildman–Crippen LogP) is 9.95. The number of morpholine rings is 2. The zero-order valence-corrected chi connectivity index (χ0v) is 60.5. The van der Waals surface area contributed by atoms with Gasteiger partial charge in [0, 0.05) is 99.7 Å². The Kier molecular flexibility index (Phi) is 18.9. The summed E-state index contributed by atoms with van der Waals surface area (Å²) in [5.74, 6) is 1.000. The number of anilines is 9. The highest BCUT2D eigenvalue weighted by molar-refractivity contribution is 6.33. The maximum atomic E-state index is 14.6. The first-order valence-corrected chi connectivity index (χ1v) is 36.1. The number of aromatic nitrogens is 11. The van der Waals surface area contributed by atoms with E-state index in [0.717, 1.165) is 93.4 Å². The van der Waals surface area contributed by atoms with E-state index in [2.05, 4.69) is 76.6 Å². The number of rotatable bonds is 14. The van der Waals surface area contributed by atoms with Crippen molar-refractivity contribution in [2.24, 2.45) is 0 Å². The van der Waals surface area contributed by atoms with Crippen molar-refractivity contribution in [3.8, 4) is 33.9 Å². The summed E-state index contributed by atoms with van der Waals surface area (Å²) >= 11 is 6.29. The summed E-state index contributed by atoms with van der Waals surface area (Å²) in [6.45, 7) is 15.1. The molecule has 17 heterocycles. The van der Waals surface area contributed by atoms with E-state index in [-0.39, 0.29) is 47.5 Å². The Morgan fingerprint density at radius 2 is 1.05 bits per heavy atom. The molecule has 30 heteroatoms. The Balaban J connectivity index is 0.000000124. The van der Waals surface area contributed by atoms with Crippen molar-refractivity contribution in [2.45, 2.75) is 96.6 Å². The van der Waals surface area contributed by atoms with E-state index in [1.807, 2.05) is 95.8 Å². The summed E-state index contributed by atoms with van der Waals surface area (Å²) in [5.41, 5.74) is 14.0. The lowest BCUT2D eigenvalue weighted by atomic mass is 9.99. The van der Waals surface area contributed by atoms with Crippen LogP contribution in [0.3, 0.4) is 0 Å². The predicted molar refractivity (Wildman–Crippen MR) is 407 cm³/mol. The Morgan fingerprint density at radius 3 is 1.63 bits per heavy atom. The van der Waals surface area contributed by atoms with Gasteiger partial charge < -0.3 is 71.4 Å². The average molecular weight is 1480 g/mol. The number of aliphatic hydroxyl groups is 3. The number of hydrogen-bond acceptors (Lipinski definition) is 22. The summed E-state index contributed by atoms with van der Waals surface area (Å²) < 4.78 is 31.5. The molecule has 108 heavy (non-hydrogen) atoms. The van der Waals surface area contributed by atoms with Gasteiger partial charge in [0.15, 0.2) is 17.1 Å². The number of carbonyl (C=O) groups excluding carboxylic acids is 3. The zero-order chi connectivity index (χ0) is 74.7. The third-order valence-corrected chi connectivity index (χ3v) is 20.7. The molecule has 3 saturated heterocycles. The van der Waals surface area contributed by atoms with Crippen molar-refractivity contribution >= 4 is 97.7 Å². The SMILES string of the molecule is CC(C)(O)[C@H]1CN(c2ccc(Nc3cnc(-c4cnc5c(Cl)cccn45)c4c3C(=O)NC4)nc2)CCO1.Cc1ccn2c(-c3ccc(Nc4ccc(N5CCO[C@H](C(C)(C)O)C5)cn4)c4c3CNC4=O)cnc2c1F.O=C1NCc2c(-c3cnn4ccccc34)ncc(Nc3ccc(N4CCC(O)CC4)cn3)c21. The molecular formula is C78H78ClFN20O8. The number of nitrogens with zero attached hydrogens (tertiary/aromatic N) is 14. The number of imidazole rings is 2. The molecule has 0 bridgehead atoms. The number of amides is 3. The van der Waals surface area contributed by atoms with Crippen LogP contribution < -0.4 is 46.6 Å². The highest BCUT2D eigenvalue weighted by atomic mass is 35.5. The van der Waals surface area contributed by atoms with Crippen LogP contribution in [0, 0.1) is 12.7 Å². The number of hydrogen-bond donors (Lipinski definition) is 9. The standard InChI is InChI=1S/C28H29FN6O3.C26H26ClN7O3.C24H23N7O2/c1-16-8-9-35-21(14-31-26(35)25(16)29)18-5-6-20(24-19(18)13-32-27(24)36)33-23-7-4-17(12-30-23)34-10-11-38-22(15-34)28(2,3)37;1-26(2,36)20-14-33(8-9-37-20)15-5-6-21(28-10-15)32-18-12-29-23(16-11-31-25(35)22(16)18)19-13-30-24-17(27)4-3-7-34(19)24;32-16-6-9-30(10-7-16)15-4-5-21(25-11-15)29-19-14-26-23(18-12-27-24(33)22(18)19)17-13-28-31-8-2-1-3-20(17)31/h4-9,12,14,22,37H,10-11,13,15H2,1-3H3,(H,30,33)(H,32,36);3-7,10,12-13,20,36H,8-9,11,14H2,1-2H3,(H,28,32)(H,31,35);1-5,8,11,13-14,16,32H,6-7,9-10,12H2,(H,25,29)(H,27,33)/t22-;20-;/m01./s1. The number of piperidine rings is 1. The summed E-state index contributed by atoms with van der Waals surface area (Å²) in [7, 11) is 0. The minimum absolute atomic E-state index is 0.129. The molecule has 0 aliphatic carbocycles. The number of carbonyl (C=O) groups is 3. The molecule has 18 rings (SSSR count). The quantitative estimate of drug-likeness (QED) is 0.0489. The maximum absolute atomic E-state index is 14.6. The van der Waals surface area contributed by atoms with Gasteiger partial charge in [0.1, 0.15) is 29.7 Å². The van der Waals surface area contributed by atoms with Gasteiger partial charge in [-0.2, -0.15) is 5.10 Å². The van der Waals surface area contributed by atoms with Crippen LogP contribution in [-0.2, 0) is 29.1 Å². The van der Waals surface area contributed by atoms with Crippen LogP contribution in [0.15, 0.2) is 153 Å². The number of ether oxygens (including phenoxy) is 2. The molecule has 12 aromatic rings. The van der Waals surface area contributed by atoms with E-state index in [0.29, 0.717) is 132 Å². The number of nitrogens with one attached hydrogen (secondary N) is 6. The number of aryl methyl sites for hydroxylation is 1. The molecule has 6 aliphatic rings. The fraction of sp³-hybridized carbons (Fsp3) is 0.295. The Labute approximate surface area is 624 Å². The van der Waals surface area contributed by atoms with E-state index in [1.54, 1.807) is 105 Å². The molecule has 2 atom stereocenters. The number of aliphatic hydroxyl groups excluding tert-OH is 1. The first-order valence-electron chi connectivity index (χ1n) is 35.7. The fourth-order valence-corrected chi connectivity index (χ4v) is 14.7. The van der Waals surface area contributed by atoms with Gasteiger partial charge in [-0.05, 0) is 131 Å². The van der Waals surface area contributed by atoms with Crippen molar-refractivity contribution in [3.63, 3.8) is 0 Å². The van der Waals surface area contributed by atoms with Gasteiger partial charge in [-0.25, -0.2) is 33.8 Å². The lowest BCUT2D eigenvalue weighted by molar-refractivity contribution is -0.0928. The van der Waals surface area contributed by atoms with Crippen LogP contribution in [0.1, 0.15) is 93.9 Å². The maximum Gasteiger partial charge on any atom is 0.254 e. The highest BCUT2D eigenvalue weighted by Crippen LogP contribution is 2.40. The lowest BCUT2D eigenvalue weighted by Crippen LogP contribution is -2.52. The van der Waals surface area contributed by atoms with Crippen LogP contribution >= 0.6 is 11.6 Å². The van der Waals surface area contributed by atoms with Crippen molar-refractivity contribution in [3.05, 3.63) is 203 Å². The molecule has 3 amide bonds. The van der Waals surface area contributed by atoms with Crippen LogP contribution in [0.4, 0.5) is 56.0 Å². The summed E-state index contributed by atoms with van der Waals surface area (Å²) in [5, 5.41) is 53.9. The van der Waals surface area contributed by atoms with E-state index in [9.17, 15) is 34.1 Å². The van der Waals surface area contributed by atoms with Gasteiger partial charge >= 0.3 is 0 Å². The van der Waals surface area contributed by atoms with Crippen molar-refractivity contribution in [1.82, 2.24) is 69.3 Å². The van der Waals surface area contributed by atoms with Crippen molar-refractivity contribution < 1.29 is 43.6 Å². The summed E-state index contributed by atoms with van der Waals surface area (Å²) in [6, 6.07) is 26.5. The van der Waals surface area contributed by atoms with Gasteiger partial charge in [0.05, 0.1) is 164 Å². The molecule has 0 spiro atoms. The minimum Gasteiger partial charge on any atom is -0.393 e. The molecule has 3 fully saturated rings. The second kappa shape index (κ2) is 28.9. The first kappa shape index (κ1) is 70.6. The van der Waals surface area contributed by atoms with E-state index < -0.39 is 11.2 Å². The average Bonchev–Trinajstić information content (AvgIpc) is 1.62. The first-order chi connectivity index (χ1) is 52.2. The molecule has 28 nitrogen and oxygen atoms in total. The van der Waals surface area contributed by atoms with Crippen LogP contribution in [0.5, 0.6) is 0 Å². The van der Waals surface area contributed by atoms with Gasteiger partial charge in [0.2, 0.25) is 0 Å². The number of fused-ring (bicyclic) bond motifs is 6. The topological polar surface area (TPSA) is 329 Å². The third-order valence-electron chi connectivity index (χ3n) is 20.4. The molecule has 552 valence electrons. The van der Waals surface area contributed by atoms with Crippen LogP contribution in [0.2, 0.25) is 5.02 Å². The monoisotopic (exact) mass is 1480 g/mol. The van der Waals surface area contributed by atoms with E-state index >= 15 is 0 Å². The number of pyridine rings is 8. The second-order valence-corrected chi connectivity index (χ2v) is 28.9. The van der Waals surface area contributed by atoms with Crippen LogP contribution in [0.25, 0.3) is 50.7 Å². The molecular weight excluding hydrogens is 1400 g/mol. The lowest BCUT2D eigenvalue weighted by Gasteiger charge is -2.39. The van der Waals surface area contributed by atoms with Gasteiger partial charge in [-0.15, -0.1) is 0 Å². The summed E-state index contributed by atoms with van der Waals surface area (Å²) in [4.78, 5) is 76.7. The van der Waals surface area contributed by atoms with Gasteiger partial charge in [0.25, 0.3) is 17.7 Å².